The second-order valence-electron chi connectivity index (χ2n) is 4.00. The van der Waals surface area contributed by atoms with E-state index >= 15 is 0 Å². The summed E-state index contributed by atoms with van der Waals surface area (Å²) in [6, 6.07) is 1.64. The van der Waals surface area contributed by atoms with Gasteiger partial charge in [-0.2, -0.15) is 31.3 Å². The smallest absolute Gasteiger partial charge is 0.258 e. The fourth-order valence-corrected chi connectivity index (χ4v) is 2.24. The lowest BCUT2D eigenvalue weighted by molar-refractivity contribution is -0.388. The van der Waals surface area contributed by atoms with Gasteiger partial charge in [-0.3, -0.25) is 15.2 Å². The summed E-state index contributed by atoms with van der Waals surface area (Å²) in [6.07, 6.45) is -9.58. The highest BCUT2D eigenvalue weighted by atomic mass is 32.2. The zero-order valence-electron chi connectivity index (χ0n) is 10.6. The molecule has 0 atom stereocenters. The maximum atomic E-state index is 12.5. The topological polar surface area (TPSA) is 84.7 Å². The van der Waals surface area contributed by atoms with Gasteiger partial charge in [-0.25, -0.2) is 0 Å². The number of aromatic nitrogens is 3. The second kappa shape index (κ2) is 5.72. The lowest BCUT2D eigenvalue weighted by Crippen LogP contribution is -2.07. The molecule has 1 N–H and O–H groups in total. The molecule has 1 aromatic heterocycles. The summed E-state index contributed by atoms with van der Waals surface area (Å²) in [5, 5.41) is 15.1. The molecule has 0 saturated heterocycles. The van der Waals surface area contributed by atoms with E-state index < -0.39 is 39.5 Å². The molecular formula is C10H4F6N4O2S. The number of hydrogen-bond donors (Lipinski definition) is 1. The Morgan fingerprint density at radius 3 is 2.26 bits per heavy atom. The Morgan fingerprint density at radius 1 is 1.13 bits per heavy atom. The van der Waals surface area contributed by atoms with E-state index in [1.165, 1.54) is 0 Å². The molecule has 1 heterocycles. The van der Waals surface area contributed by atoms with Gasteiger partial charge in [0.1, 0.15) is 0 Å². The number of nitro benzene ring substituents is 1. The summed E-state index contributed by atoms with van der Waals surface area (Å²) in [7, 11) is 0. The number of alkyl halides is 6. The molecule has 0 amide bonds. The summed E-state index contributed by atoms with van der Waals surface area (Å²) in [5.41, 5.74) is -2.16. The third-order valence-corrected chi connectivity index (χ3v) is 3.35. The van der Waals surface area contributed by atoms with Crippen LogP contribution in [0.1, 0.15) is 11.4 Å². The van der Waals surface area contributed by atoms with Gasteiger partial charge < -0.3 is 0 Å². The normalized spacial score (nSPS) is 12.4. The van der Waals surface area contributed by atoms with Crippen LogP contribution in [0, 0.1) is 10.1 Å². The maximum Gasteiger partial charge on any atom is 0.451 e. The number of nitro groups is 1. The van der Waals surface area contributed by atoms with Crippen molar-refractivity contribution in [3.8, 4) is 0 Å². The molecule has 6 nitrogen and oxygen atoms in total. The Morgan fingerprint density at radius 2 is 1.78 bits per heavy atom. The molecule has 0 bridgehead atoms. The van der Waals surface area contributed by atoms with Crippen molar-refractivity contribution < 1.29 is 31.3 Å². The highest BCUT2D eigenvalue weighted by molar-refractivity contribution is 7.99. The molecule has 0 unspecified atom stereocenters. The molecule has 0 radical (unpaired) electrons. The standard InChI is InChI=1S/C10H4F6N4O2S/c11-9(12,13)4-1-2-6(5(3-4)20(21)22)23-8-17-7(18-19-8)10(14,15)16/h1-3H,(H,17,18,19). The van der Waals surface area contributed by atoms with Crippen LogP contribution in [0.3, 0.4) is 0 Å². The summed E-state index contributed by atoms with van der Waals surface area (Å²) in [6.45, 7) is 0. The highest BCUT2D eigenvalue weighted by Gasteiger charge is 2.36. The molecule has 2 aromatic rings. The molecule has 13 heteroatoms. The average Bonchev–Trinajstić information content (AvgIpc) is 2.86. The van der Waals surface area contributed by atoms with Crippen LogP contribution in [0.2, 0.25) is 0 Å². The Balaban J connectivity index is 2.36. The van der Waals surface area contributed by atoms with E-state index in [1.807, 2.05) is 0 Å². The van der Waals surface area contributed by atoms with Gasteiger partial charge in [-0.15, -0.1) is 5.10 Å². The van der Waals surface area contributed by atoms with Gasteiger partial charge in [-0.05, 0) is 23.9 Å². The number of benzene rings is 1. The average molecular weight is 358 g/mol. The molecular weight excluding hydrogens is 354 g/mol. The number of nitrogens with one attached hydrogen (secondary N) is 1. The van der Waals surface area contributed by atoms with Crippen molar-refractivity contribution in [1.82, 2.24) is 15.2 Å². The molecule has 0 spiro atoms. The van der Waals surface area contributed by atoms with Crippen molar-refractivity contribution in [2.75, 3.05) is 0 Å². The third kappa shape index (κ3) is 3.91. The van der Waals surface area contributed by atoms with E-state index in [0.29, 0.717) is 23.9 Å². The molecule has 0 saturated carbocycles. The first kappa shape index (κ1) is 17.1. The molecule has 0 aliphatic heterocycles. The maximum absolute atomic E-state index is 12.5. The molecule has 0 aliphatic rings. The monoisotopic (exact) mass is 358 g/mol. The van der Waals surface area contributed by atoms with E-state index in [1.54, 1.807) is 5.10 Å². The van der Waals surface area contributed by atoms with Crippen molar-refractivity contribution in [2.45, 2.75) is 22.4 Å². The van der Waals surface area contributed by atoms with E-state index in [9.17, 15) is 36.5 Å². The largest absolute Gasteiger partial charge is 0.451 e. The minimum Gasteiger partial charge on any atom is -0.258 e. The molecule has 23 heavy (non-hydrogen) atoms. The number of rotatable bonds is 3. The minimum atomic E-state index is -4.79. The Hall–Kier alpha value is -2.31. The third-order valence-electron chi connectivity index (χ3n) is 2.42. The summed E-state index contributed by atoms with van der Waals surface area (Å²) in [4.78, 5) is 12.5. The van der Waals surface area contributed by atoms with E-state index in [2.05, 4.69) is 10.1 Å². The molecule has 1 aromatic carbocycles. The van der Waals surface area contributed by atoms with Crippen LogP contribution in [0.5, 0.6) is 0 Å². The molecule has 124 valence electrons. The van der Waals surface area contributed by atoms with Crippen molar-refractivity contribution in [3.05, 3.63) is 39.7 Å². The van der Waals surface area contributed by atoms with Crippen LogP contribution in [-0.4, -0.2) is 20.1 Å². The van der Waals surface area contributed by atoms with Gasteiger partial charge >= 0.3 is 12.4 Å². The zero-order valence-corrected chi connectivity index (χ0v) is 11.4. The molecule has 0 fully saturated rings. The van der Waals surface area contributed by atoms with Crippen LogP contribution < -0.4 is 0 Å². The van der Waals surface area contributed by atoms with Gasteiger partial charge in [0.05, 0.1) is 15.4 Å². The quantitative estimate of drug-likeness (QED) is 0.511. The van der Waals surface area contributed by atoms with Gasteiger partial charge in [0, 0.05) is 6.07 Å². The van der Waals surface area contributed by atoms with E-state index in [0.717, 1.165) is 6.07 Å². The van der Waals surface area contributed by atoms with Gasteiger partial charge in [0.25, 0.3) is 5.69 Å². The Labute approximate surface area is 127 Å². The van der Waals surface area contributed by atoms with E-state index in [-0.39, 0.29) is 4.90 Å². The van der Waals surface area contributed by atoms with Crippen molar-refractivity contribution in [2.24, 2.45) is 0 Å². The molecule has 0 aliphatic carbocycles. The number of hydrogen-bond acceptors (Lipinski definition) is 5. The Bertz CT molecular complexity index is 742. The number of nitrogens with zero attached hydrogens (tertiary/aromatic N) is 3. The first-order valence-electron chi connectivity index (χ1n) is 5.51. The minimum absolute atomic E-state index is 0.291. The van der Waals surface area contributed by atoms with E-state index in [4.69, 9.17) is 0 Å². The number of halogens is 6. The van der Waals surface area contributed by atoms with Crippen molar-refractivity contribution in [1.29, 1.82) is 0 Å². The van der Waals surface area contributed by atoms with Crippen LogP contribution in [0.25, 0.3) is 0 Å². The molecule has 2 rings (SSSR count). The van der Waals surface area contributed by atoms with Gasteiger partial charge in [-0.1, -0.05) is 0 Å². The summed E-state index contributed by atoms with van der Waals surface area (Å²) in [5.74, 6) is -1.42. The SMILES string of the molecule is O=[N+]([O-])c1cc(C(F)(F)F)ccc1Sc1n[nH]c(C(F)(F)F)n1. The second-order valence-corrected chi connectivity index (χ2v) is 5.01. The van der Waals surface area contributed by atoms with Crippen LogP contribution in [0.15, 0.2) is 28.3 Å². The lowest BCUT2D eigenvalue weighted by Gasteiger charge is -2.07. The lowest BCUT2D eigenvalue weighted by atomic mass is 10.2. The summed E-state index contributed by atoms with van der Waals surface area (Å²) < 4.78 is 74.7. The summed E-state index contributed by atoms with van der Waals surface area (Å²) >= 11 is 0.336. The van der Waals surface area contributed by atoms with Crippen molar-refractivity contribution in [3.63, 3.8) is 0 Å². The first-order chi connectivity index (χ1) is 10.5. The predicted molar refractivity (Wildman–Crippen MR) is 63.6 cm³/mol. The van der Waals surface area contributed by atoms with Crippen LogP contribution in [-0.2, 0) is 12.4 Å². The van der Waals surface area contributed by atoms with Gasteiger partial charge in [0.2, 0.25) is 11.0 Å². The number of aromatic amines is 1. The highest BCUT2D eigenvalue weighted by Crippen LogP contribution is 2.38. The number of H-pyrrole nitrogens is 1. The van der Waals surface area contributed by atoms with Crippen molar-refractivity contribution >= 4 is 17.4 Å². The first-order valence-corrected chi connectivity index (χ1v) is 6.33. The Kier molecular flexibility index (Phi) is 4.24. The fourth-order valence-electron chi connectivity index (χ4n) is 1.44. The van der Waals surface area contributed by atoms with Crippen LogP contribution >= 0.6 is 11.8 Å². The zero-order chi connectivity index (χ0) is 17.4. The fraction of sp³-hybridized carbons (Fsp3) is 0.200. The van der Waals surface area contributed by atoms with Crippen LogP contribution in [0.4, 0.5) is 32.0 Å². The van der Waals surface area contributed by atoms with Gasteiger partial charge in [0.15, 0.2) is 0 Å². The predicted octanol–water partition coefficient (Wildman–Crippen LogP) is 3.90.